The molecule has 2 aliphatic rings. The number of nitrogens with one attached hydrogen (secondary N) is 1. The summed E-state index contributed by atoms with van der Waals surface area (Å²) >= 11 is 0. The van der Waals surface area contributed by atoms with Gasteiger partial charge < -0.3 is 20.0 Å². The number of hydrogen-bond donors (Lipinski definition) is 1. The monoisotopic (exact) mass is 392 g/mol. The molecule has 4 rings (SSSR count). The Balaban J connectivity index is 1.41. The summed E-state index contributed by atoms with van der Waals surface area (Å²) in [5.74, 6) is -0.213. The molecule has 2 aromatic rings. The molecule has 1 N–H and O–H groups in total. The van der Waals surface area contributed by atoms with Crippen LogP contribution in [0.5, 0.6) is 0 Å². The van der Waals surface area contributed by atoms with Crippen LogP contribution in [-0.4, -0.2) is 67.9 Å². The molecule has 2 heterocycles. The number of amides is 2. The van der Waals surface area contributed by atoms with E-state index in [0.717, 1.165) is 45.0 Å². The lowest BCUT2D eigenvalue weighted by Gasteiger charge is -2.32. The molecule has 0 atom stereocenters. The fourth-order valence-electron chi connectivity index (χ4n) is 3.92. The summed E-state index contributed by atoms with van der Waals surface area (Å²) in [5, 5.41) is 2.94. The SMILES string of the molecule is CN1CCN(C(=O)c2cccc(C(=O)Nc3ccc(N4CCCC4)cc3)c2)CC1. The first kappa shape index (κ1) is 19.5. The van der Waals surface area contributed by atoms with Crippen LogP contribution in [0.2, 0.25) is 0 Å². The Hall–Kier alpha value is -2.86. The van der Waals surface area contributed by atoms with Crippen molar-refractivity contribution in [3.63, 3.8) is 0 Å². The normalized spacial score (nSPS) is 17.4. The van der Waals surface area contributed by atoms with Gasteiger partial charge in [-0.05, 0) is 62.4 Å². The molecule has 0 aliphatic carbocycles. The van der Waals surface area contributed by atoms with Gasteiger partial charge in [0.15, 0.2) is 0 Å². The molecule has 0 bridgehead atoms. The maximum atomic E-state index is 12.8. The maximum absolute atomic E-state index is 12.8. The van der Waals surface area contributed by atoms with Gasteiger partial charge in [0.2, 0.25) is 0 Å². The number of piperazine rings is 1. The van der Waals surface area contributed by atoms with Crippen molar-refractivity contribution in [3.05, 3.63) is 59.7 Å². The summed E-state index contributed by atoms with van der Waals surface area (Å²) < 4.78 is 0. The molecule has 29 heavy (non-hydrogen) atoms. The summed E-state index contributed by atoms with van der Waals surface area (Å²) in [6.45, 7) is 5.38. The number of carbonyl (C=O) groups is 2. The number of likely N-dealkylation sites (N-methyl/N-ethyl adjacent to an activating group) is 1. The van der Waals surface area contributed by atoms with Crippen LogP contribution in [0.1, 0.15) is 33.6 Å². The molecule has 0 saturated carbocycles. The van der Waals surface area contributed by atoms with Crippen molar-refractivity contribution in [2.24, 2.45) is 0 Å². The highest BCUT2D eigenvalue weighted by Crippen LogP contribution is 2.22. The Morgan fingerprint density at radius 3 is 2.17 bits per heavy atom. The number of rotatable bonds is 4. The summed E-state index contributed by atoms with van der Waals surface area (Å²) in [6.07, 6.45) is 2.48. The molecule has 0 spiro atoms. The van der Waals surface area contributed by atoms with E-state index < -0.39 is 0 Å². The van der Waals surface area contributed by atoms with Crippen LogP contribution in [-0.2, 0) is 0 Å². The fraction of sp³-hybridized carbons (Fsp3) is 0.391. The van der Waals surface area contributed by atoms with Gasteiger partial charge in [-0.15, -0.1) is 0 Å². The molecule has 152 valence electrons. The molecule has 2 aliphatic heterocycles. The number of carbonyl (C=O) groups excluding carboxylic acids is 2. The highest BCUT2D eigenvalue weighted by Gasteiger charge is 2.21. The van der Waals surface area contributed by atoms with Crippen molar-refractivity contribution < 1.29 is 9.59 Å². The average molecular weight is 393 g/mol. The van der Waals surface area contributed by atoms with Crippen molar-refractivity contribution in [2.45, 2.75) is 12.8 Å². The maximum Gasteiger partial charge on any atom is 0.255 e. The Morgan fingerprint density at radius 2 is 1.48 bits per heavy atom. The minimum Gasteiger partial charge on any atom is -0.372 e. The smallest absolute Gasteiger partial charge is 0.255 e. The zero-order valence-corrected chi connectivity index (χ0v) is 16.9. The summed E-state index contributed by atoms with van der Waals surface area (Å²) in [6, 6.07) is 15.0. The van der Waals surface area contributed by atoms with Crippen LogP contribution in [0.3, 0.4) is 0 Å². The van der Waals surface area contributed by atoms with Crippen LogP contribution in [0.15, 0.2) is 48.5 Å². The predicted molar refractivity (Wildman–Crippen MR) is 116 cm³/mol. The van der Waals surface area contributed by atoms with Crippen LogP contribution in [0.4, 0.5) is 11.4 Å². The molecular weight excluding hydrogens is 364 g/mol. The molecule has 0 aromatic heterocycles. The first-order chi connectivity index (χ1) is 14.1. The van der Waals surface area contributed by atoms with Crippen LogP contribution < -0.4 is 10.2 Å². The van der Waals surface area contributed by atoms with E-state index in [1.807, 2.05) is 29.2 Å². The molecule has 0 radical (unpaired) electrons. The summed E-state index contributed by atoms with van der Waals surface area (Å²) in [4.78, 5) is 31.9. The van der Waals surface area contributed by atoms with E-state index >= 15 is 0 Å². The van der Waals surface area contributed by atoms with Gasteiger partial charge in [0.05, 0.1) is 0 Å². The molecule has 2 amide bonds. The highest BCUT2D eigenvalue weighted by atomic mass is 16.2. The predicted octanol–water partition coefficient (Wildman–Crippen LogP) is 2.93. The Morgan fingerprint density at radius 1 is 0.828 bits per heavy atom. The topological polar surface area (TPSA) is 55.9 Å². The van der Waals surface area contributed by atoms with Gasteiger partial charge in [-0.1, -0.05) is 6.07 Å². The molecule has 0 unspecified atom stereocenters. The van der Waals surface area contributed by atoms with Crippen molar-refractivity contribution in [3.8, 4) is 0 Å². The third kappa shape index (κ3) is 4.59. The van der Waals surface area contributed by atoms with Gasteiger partial charge in [-0.25, -0.2) is 0 Å². The zero-order chi connectivity index (χ0) is 20.2. The van der Waals surface area contributed by atoms with Gasteiger partial charge in [0, 0.05) is 61.8 Å². The highest BCUT2D eigenvalue weighted by molar-refractivity contribution is 6.06. The number of benzene rings is 2. The molecular formula is C23H28N4O2. The molecule has 6 nitrogen and oxygen atoms in total. The largest absolute Gasteiger partial charge is 0.372 e. The van der Waals surface area contributed by atoms with E-state index in [4.69, 9.17) is 0 Å². The van der Waals surface area contributed by atoms with E-state index in [1.165, 1.54) is 18.5 Å². The summed E-state index contributed by atoms with van der Waals surface area (Å²) in [5.41, 5.74) is 3.01. The number of anilines is 2. The van der Waals surface area contributed by atoms with Gasteiger partial charge in [0.25, 0.3) is 11.8 Å². The van der Waals surface area contributed by atoms with Crippen LogP contribution in [0.25, 0.3) is 0 Å². The lowest BCUT2D eigenvalue weighted by molar-refractivity contribution is 0.0664. The van der Waals surface area contributed by atoms with Crippen molar-refractivity contribution in [2.75, 3.05) is 56.5 Å². The molecule has 2 saturated heterocycles. The first-order valence-electron chi connectivity index (χ1n) is 10.3. The van der Waals surface area contributed by atoms with Crippen LogP contribution in [0, 0.1) is 0 Å². The van der Waals surface area contributed by atoms with Gasteiger partial charge in [-0.3, -0.25) is 9.59 Å². The molecule has 6 heteroatoms. The first-order valence-corrected chi connectivity index (χ1v) is 10.3. The van der Waals surface area contributed by atoms with Gasteiger partial charge >= 0.3 is 0 Å². The minimum atomic E-state index is -0.202. The van der Waals surface area contributed by atoms with E-state index in [2.05, 4.69) is 22.2 Å². The Labute approximate surface area is 172 Å². The van der Waals surface area contributed by atoms with Gasteiger partial charge in [-0.2, -0.15) is 0 Å². The second kappa shape index (κ2) is 8.66. The van der Waals surface area contributed by atoms with Gasteiger partial charge in [0.1, 0.15) is 0 Å². The second-order valence-corrected chi connectivity index (χ2v) is 7.87. The Kier molecular flexibility index (Phi) is 5.81. The lowest BCUT2D eigenvalue weighted by Crippen LogP contribution is -2.47. The van der Waals surface area contributed by atoms with Crippen molar-refractivity contribution in [1.29, 1.82) is 0 Å². The number of nitrogens with zero attached hydrogens (tertiary/aromatic N) is 3. The van der Waals surface area contributed by atoms with E-state index in [0.29, 0.717) is 11.1 Å². The molecule has 2 aromatic carbocycles. The third-order valence-electron chi connectivity index (χ3n) is 5.76. The fourth-order valence-corrected chi connectivity index (χ4v) is 3.92. The standard InChI is InChI=1S/C23H28N4O2/c1-25-13-15-27(16-14-25)23(29)19-6-4-5-18(17-19)22(28)24-20-7-9-21(10-8-20)26-11-2-3-12-26/h4-10,17H,2-3,11-16H2,1H3,(H,24,28). The Bertz CT molecular complexity index is 867. The average Bonchev–Trinajstić information content (AvgIpc) is 3.29. The lowest BCUT2D eigenvalue weighted by atomic mass is 10.1. The van der Waals surface area contributed by atoms with E-state index in [9.17, 15) is 9.59 Å². The van der Waals surface area contributed by atoms with E-state index in [1.54, 1.807) is 24.3 Å². The van der Waals surface area contributed by atoms with Crippen molar-refractivity contribution in [1.82, 2.24) is 9.80 Å². The quantitative estimate of drug-likeness (QED) is 0.869. The minimum absolute atomic E-state index is 0.0114. The van der Waals surface area contributed by atoms with Crippen molar-refractivity contribution >= 4 is 23.2 Å². The second-order valence-electron chi connectivity index (χ2n) is 7.87. The van der Waals surface area contributed by atoms with E-state index in [-0.39, 0.29) is 11.8 Å². The van der Waals surface area contributed by atoms with Crippen LogP contribution >= 0.6 is 0 Å². The number of hydrogen-bond acceptors (Lipinski definition) is 4. The molecule has 2 fully saturated rings. The summed E-state index contributed by atoms with van der Waals surface area (Å²) in [7, 11) is 2.06. The zero-order valence-electron chi connectivity index (χ0n) is 16.9. The third-order valence-corrected chi connectivity index (χ3v) is 5.76.